The lowest BCUT2D eigenvalue weighted by atomic mass is 10.0. The number of aromatic nitrogens is 2. The highest BCUT2D eigenvalue weighted by molar-refractivity contribution is 6.30. The number of hydrogen-bond acceptors (Lipinski definition) is 5. The summed E-state index contributed by atoms with van der Waals surface area (Å²) in [6, 6.07) is 9.46. The quantitative estimate of drug-likeness (QED) is 0.560. The van der Waals surface area contributed by atoms with Crippen LogP contribution in [0.5, 0.6) is 5.75 Å². The Morgan fingerprint density at radius 3 is 2.63 bits per heavy atom. The van der Waals surface area contributed by atoms with E-state index < -0.39 is 5.82 Å². The van der Waals surface area contributed by atoms with Crippen molar-refractivity contribution in [1.29, 1.82) is 5.26 Å². The van der Waals surface area contributed by atoms with E-state index in [4.69, 9.17) is 27.9 Å². The van der Waals surface area contributed by atoms with Gasteiger partial charge >= 0.3 is 0 Å². The van der Waals surface area contributed by atoms with Crippen molar-refractivity contribution in [3.8, 4) is 11.8 Å². The molecule has 9 heteroatoms. The maximum absolute atomic E-state index is 13.5. The van der Waals surface area contributed by atoms with Gasteiger partial charge in [0.05, 0.1) is 11.2 Å². The number of nitrogens with zero attached hydrogens (tertiary/aromatic N) is 4. The summed E-state index contributed by atoms with van der Waals surface area (Å²) in [5.41, 5.74) is 1.27. The monoisotopic (exact) mass is 446 g/mol. The van der Waals surface area contributed by atoms with Crippen LogP contribution < -0.4 is 15.2 Å². The van der Waals surface area contributed by atoms with E-state index in [-0.39, 0.29) is 27.4 Å². The Hall–Kier alpha value is -2.82. The first kappa shape index (κ1) is 20.5. The lowest BCUT2D eigenvalue weighted by Gasteiger charge is -2.34. The van der Waals surface area contributed by atoms with Crippen molar-refractivity contribution in [2.75, 3.05) is 18.0 Å². The molecule has 30 heavy (non-hydrogen) atoms. The number of fused-ring (bicyclic) bond motifs is 1. The zero-order valence-corrected chi connectivity index (χ0v) is 17.5. The molecule has 1 fully saturated rings. The number of aryl methyl sites for hydroxylation is 1. The lowest BCUT2D eigenvalue weighted by Crippen LogP contribution is -2.40. The van der Waals surface area contributed by atoms with E-state index in [1.165, 1.54) is 16.7 Å². The van der Waals surface area contributed by atoms with Crippen molar-refractivity contribution in [3.63, 3.8) is 0 Å². The fourth-order valence-electron chi connectivity index (χ4n) is 3.76. The average molecular weight is 447 g/mol. The molecule has 3 heterocycles. The van der Waals surface area contributed by atoms with Gasteiger partial charge in [0.25, 0.3) is 5.56 Å². The predicted molar refractivity (Wildman–Crippen MR) is 114 cm³/mol. The fourth-order valence-corrected chi connectivity index (χ4v) is 4.12. The summed E-state index contributed by atoms with van der Waals surface area (Å²) in [6.45, 7) is 1.08. The van der Waals surface area contributed by atoms with Crippen LogP contribution in [-0.4, -0.2) is 28.7 Å². The summed E-state index contributed by atoms with van der Waals surface area (Å²) in [4.78, 5) is 19.1. The number of hydrogen-bond donors (Lipinski definition) is 0. The smallest absolute Gasteiger partial charge is 0.270 e. The molecule has 0 unspecified atom stereocenters. The summed E-state index contributed by atoms with van der Waals surface area (Å²) in [5, 5.41) is 10.2. The van der Waals surface area contributed by atoms with Gasteiger partial charge in [0.15, 0.2) is 0 Å². The molecule has 0 atom stereocenters. The third kappa shape index (κ3) is 3.81. The number of piperidine rings is 1. The summed E-state index contributed by atoms with van der Waals surface area (Å²) >= 11 is 12.0. The number of pyridine rings is 2. The Morgan fingerprint density at radius 1 is 1.23 bits per heavy atom. The van der Waals surface area contributed by atoms with Gasteiger partial charge in [-0.2, -0.15) is 5.26 Å². The normalized spacial score (nSPS) is 14.7. The number of anilines is 1. The highest BCUT2D eigenvalue weighted by Crippen LogP contribution is 2.31. The topological polar surface area (TPSA) is 71.2 Å². The summed E-state index contributed by atoms with van der Waals surface area (Å²) < 4.78 is 20.8. The Morgan fingerprint density at radius 2 is 1.97 bits per heavy atom. The van der Waals surface area contributed by atoms with Gasteiger partial charge in [-0.15, -0.1) is 0 Å². The largest absolute Gasteiger partial charge is 0.490 e. The first-order valence-corrected chi connectivity index (χ1v) is 10.1. The molecule has 0 radical (unpaired) electrons. The third-order valence-electron chi connectivity index (χ3n) is 5.19. The molecule has 0 bridgehead atoms. The molecule has 3 aromatic rings. The SMILES string of the molecule is Cn1c(=O)c(C#N)c(N2CCC(Oc3cc(F)cc(Cl)c3)CC2)c2nc(Cl)ccc21. The Bertz CT molecular complexity index is 1210. The molecule has 0 aliphatic carbocycles. The number of nitriles is 1. The zero-order chi connectivity index (χ0) is 21.4. The molecule has 1 aromatic carbocycles. The summed E-state index contributed by atoms with van der Waals surface area (Å²) in [6.07, 6.45) is 1.10. The molecule has 2 aromatic heterocycles. The van der Waals surface area contributed by atoms with Crippen molar-refractivity contribution in [2.45, 2.75) is 18.9 Å². The molecular weight excluding hydrogens is 430 g/mol. The lowest BCUT2D eigenvalue weighted by molar-refractivity contribution is 0.170. The average Bonchev–Trinajstić information content (AvgIpc) is 2.70. The predicted octanol–water partition coefficient (Wildman–Crippen LogP) is 4.30. The number of halogens is 3. The second-order valence-corrected chi connectivity index (χ2v) is 7.93. The van der Waals surface area contributed by atoms with Crippen LogP contribution in [0.2, 0.25) is 10.2 Å². The minimum Gasteiger partial charge on any atom is -0.490 e. The van der Waals surface area contributed by atoms with Crippen molar-refractivity contribution < 1.29 is 9.13 Å². The van der Waals surface area contributed by atoms with Crippen LogP contribution in [0, 0.1) is 17.1 Å². The maximum atomic E-state index is 13.5. The first-order chi connectivity index (χ1) is 14.4. The standard InChI is InChI=1S/C21H17Cl2FN4O2/c1-27-17-2-3-18(23)26-19(17)20(16(11-25)21(27)29)28-6-4-14(5-7-28)30-15-9-12(22)8-13(24)10-15/h2-3,8-10,14H,4-7H2,1H3. The summed E-state index contributed by atoms with van der Waals surface area (Å²) in [7, 11) is 1.61. The van der Waals surface area contributed by atoms with E-state index in [2.05, 4.69) is 4.98 Å². The van der Waals surface area contributed by atoms with Crippen molar-refractivity contribution in [1.82, 2.24) is 9.55 Å². The van der Waals surface area contributed by atoms with Crippen LogP contribution in [-0.2, 0) is 7.05 Å². The second-order valence-electron chi connectivity index (χ2n) is 7.11. The number of benzene rings is 1. The fraction of sp³-hybridized carbons (Fsp3) is 0.286. The van der Waals surface area contributed by atoms with Gasteiger partial charge in [-0.1, -0.05) is 23.2 Å². The van der Waals surface area contributed by atoms with Crippen LogP contribution in [0.15, 0.2) is 35.1 Å². The van der Waals surface area contributed by atoms with Gasteiger partial charge in [-0.25, -0.2) is 9.37 Å². The molecule has 0 spiro atoms. The number of ether oxygens (including phenoxy) is 1. The Kier molecular flexibility index (Phi) is 5.54. The molecule has 6 nitrogen and oxygen atoms in total. The third-order valence-corrected chi connectivity index (χ3v) is 5.62. The van der Waals surface area contributed by atoms with Gasteiger partial charge < -0.3 is 14.2 Å². The van der Waals surface area contributed by atoms with Gasteiger partial charge in [-0.3, -0.25) is 4.79 Å². The van der Waals surface area contributed by atoms with Gasteiger partial charge in [0, 0.05) is 44.1 Å². The van der Waals surface area contributed by atoms with E-state index in [0.29, 0.717) is 48.4 Å². The Balaban J connectivity index is 1.63. The van der Waals surface area contributed by atoms with Crippen LogP contribution in [0.3, 0.4) is 0 Å². The zero-order valence-electron chi connectivity index (χ0n) is 16.0. The van der Waals surface area contributed by atoms with E-state index >= 15 is 0 Å². The van der Waals surface area contributed by atoms with Gasteiger partial charge in [0.1, 0.15) is 40.0 Å². The highest BCUT2D eigenvalue weighted by Gasteiger charge is 2.27. The highest BCUT2D eigenvalue weighted by atomic mass is 35.5. The maximum Gasteiger partial charge on any atom is 0.270 e. The van der Waals surface area contributed by atoms with Crippen molar-refractivity contribution in [3.05, 3.63) is 62.2 Å². The van der Waals surface area contributed by atoms with Crippen LogP contribution >= 0.6 is 23.2 Å². The molecule has 4 rings (SSSR count). The van der Waals surface area contributed by atoms with Crippen LogP contribution in [0.4, 0.5) is 10.1 Å². The van der Waals surface area contributed by atoms with Gasteiger partial charge in [-0.05, 0) is 24.3 Å². The van der Waals surface area contributed by atoms with Crippen LogP contribution in [0.1, 0.15) is 18.4 Å². The minimum atomic E-state index is -0.455. The van der Waals surface area contributed by atoms with E-state index in [1.807, 2.05) is 11.0 Å². The summed E-state index contributed by atoms with van der Waals surface area (Å²) in [5.74, 6) is -0.0770. The minimum absolute atomic E-state index is 0.0380. The molecule has 0 N–H and O–H groups in total. The molecule has 0 saturated carbocycles. The van der Waals surface area contributed by atoms with Crippen molar-refractivity contribution in [2.24, 2.45) is 7.05 Å². The van der Waals surface area contributed by atoms with Crippen molar-refractivity contribution >= 4 is 39.9 Å². The molecule has 154 valence electrons. The molecular formula is C21H17Cl2FN4O2. The van der Waals surface area contributed by atoms with E-state index in [9.17, 15) is 14.4 Å². The molecule has 1 aliphatic heterocycles. The van der Waals surface area contributed by atoms with Gasteiger partial charge in [0.2, 0.25) is 0 Å². The molecule has 1 aliphatic rings. The van der Waals surface area contributed by atoms with E-state index in [0.717, 1.165) is 0 Å². The van der Waals surface area contributed by atoms with E-state index in [1.54, 1.807) is 25.2 Å². The Labute approximate surface area is 182 Å². The first-order valence-electron chi connectivity index (χ1n) is 9.34. The van der Waals surface area contributed by atoms with Crippen LogP contribution in [0.25, 0.3) is 11.0 Å². The molecule has 1 saturated heterocycles. The second kappa shape index (κ2) is 8.13. The molecule has 0 amide bonds. The number of rotatable bonds is 3.